The summed E-state index contributed by atoms with van der Waals surface area (Å²) >= 11 is 2.75. The second-order valence-corrected chi connectivity index (χ2v) is 5.20. The monoisotopic (exact) mass is 281 g/mol. The van der Waals surface area contributed by atoms with Crippen molar-refractivity contribution in [1.82, 2.24) is 9.97 Å². The minimum absolute atomic E-state index is 0.238. The third-order valence-corrected chi connectivity index (χ3v) is 3.69. The van der Waals surface area contributed by atoms with Crippen molar-refractivity contribution in [2.45, 2.75) is 15.1 Å². The number of hydrogen-bond acceptors (Lipinski definition) is 5. The zero-order chi connectivity index (χ0) is 13.0. The Labute approximate surface area is 114 Å². The average molecular weight is 281 g/mol. The van der Waals surface area contributed by atoms with Gasteiger partial charge in [0.25, 0.3) is 0 Å². The highest BCUT2D eigenvalue weighted by atomic mass is 32.2. The highest BCUT2D eigenvalue weighted by Gasteiger charge is 2.07. The summed E-state index contributed by atoms with van der Waals surface area (Å²) in [6.45, 7) is 0. The summed E-state index contributed by atoms with van der Waals surface area (Å²) in [5.41, 5.74) is 0. The summed E-state index contributed by atoms with van der Waals surface area (Å²) < 4.78 is 13.6. The maximum atomic E-state index is 13.6. The van der Waals surface area contributed by atoms with E-state index in [0.717, 1.165) is 10.8 Å². The number of benzene rings is 1. The van der Waals surface area contributed by atoms with Crippen molar-refractivity contribution in [2.24, 2.45) is 0 Å². The third kappa shape index (κ3) is 3.14. The summed E-state index contributed by atoms with van der Waals surface area (Å²) in [5.74, 6) is 0.492. The Morgan fingerprint density at radius 3 is 2.67 bits per heavy atom. The molecule has 2 rings (SSSR count). The molecule has 1 N–H and O–H groups in total. The predicted octanol–water partition coefficient (Wildman–Crippen LogP) is 3.53. The molecule has 1 aromatic heterocycles. The molecule has 0 atom stereocenters. The Bertz CT molecular complexity index is 526. The van der Waals surface area contributed by atoms with E-state index in [1.807, 2.05) is 6.26 Å². The fourth-order valence-corrected chi connectivity index (χ4v) is 2.59. The van der Waals surface area contributed by atoms with E-state index in [4.69, 9.17) is 0 Å². The first-order valence-corrected chi connectivity index (χ1v) is 7.30. The van der Waals surface area contributed by atoms with Crippen LogP contribution < -0.4 is 5.32 Å². The lowest BCUT2D eigenvalue weighted by atomic mass is 10.3. The largest absolute Gasteiger partial charge is 0.373 e. The van der Waals surface area contributed by atoms with Crippen LogP contribution in [0.25, 0.3) is 0 Å². The number of anilines is 1. The molecule has 0 saturated carbocycles. The zero-order valence-corrected chi connectivity index (χ0v) is 11.6. The van der Waals surface area contributed by atoms with E-state index in [2.05, 4.69) is 15.3 Å². The first-order valence-electron chi connectivity index (χ1n) is 5.26. The fourth-order valence-electron chi connectivity index (χ4n) is 1.32. The Hall–Kier alpha value is -1.27. The van der Waals surface area contributed by atoms with Gasteiger partial charge in [-0.15, -0.1) is 0 Å². The molecular formula is C12H12FN3S2. The molecule has 6 heteroatoms. The van der Waals surface area contributed by atoms with E-state index in [0.29, 0.717) is 10.1 Å². The van der Waals surface area contributed by atoms with Crippen LogP contribution in [0, 0.1) is 5.82 Å². The number of halogens is 1. The summed E-state index contributed by atoms with van der Waals surface area (Å²) in [6, 6.07) is 8.46. The van der Waals surface area contributed by atoms with Gasteiger partial charge in [-0.25, -0.2) is 14.4 Å². The van der Waals surface area contributed by atoms with Gasteiger partial charge in [-0.2, -0.15) is 0 Å². The Kier molecular flexibility index (Phi) is 4.43. The van der Waals surface area contributed by atoms with Crippen LogP contribution in [0.4, 0.5) is 10.2 Å². The lowest BCUT2D eigenvalue weighted by Crippen LogP contribution is -1.97. The van der Waals surface area contributed by atoms with Crippen molar-refractivity contribution in [1.29, 1.82) is 0 Å². The molecule has 0 bridgehead atoms. The van der Waals surface area contributed by atoms with Crippen molar-refractivity contribution in [3.05, 3.63) is 36.1 Å². The molecule has 0 radical (unpaired) electrons. The van der Waals surface area contributed by atoms with Crippen LogP contribution in [0.2, 0.25) is 0 Å². The first-order chi connectivity index (χ1) is 8.72. The van der Waals surface area contributed by atoms with E-state index in [-0.39, 0.29) is 5.82 Å². The Morgan fingerprint density at radius 2 is 2.00 bits per heavy atom. The fraction of sp³-hybridized carbons (Fsp3) is 0.167. The molecule has 3 nitrogen and oxygen atoms in total. The average Bonchev–Trinajstić information content (AvgIpc) is 2.41. The summed E-state index contributed by atoms with van der Waals surface area (Å²) in [6.07, 6.45) is 1.91. The van der Waals surface area contributed by atoms with Crippen molar-refractivity contribution >= 4 is 29.3 Å². The molecule has 2 aromatic rings. The van der Waals surface area contributed by atoms with Gasteiger partial charge < -0.3 is 5.32 Å². The van der Waals surface area contributed by atoms with Gasteiger partial charge in [-0.1, -0.05) is 35.7 Å². The van der Waals surface area contributed by atoms with E-state index < -0.39 is 0 Å². The second-order valence-electron chi connectivity index (χ2n) is 3.36. The van der Waals surface area contributed by atoms with Gasteiger partial charge in [0.1, 0.15) is 16.7 Å². The van der Waals surface area contributed by atoms with Crippen LogP contribution in [0.5, 0.6) is 0 Å². The molecule has 0 spiro atoms. The Balaban J connectivity index is 2.31. The van der Waals surface area contributed by atoms with Crippen LogP contribution in [0.3, 0.4) is 0 Å². The molecule has 0 aliphatic carbocycles. The summed E-state index contributed by atoms with van der Waals surface area (Å²) in [4.78, 5) is 9.17. The molecule has 0 aliphatic rings. The van der Waals surface area contributed by atoms with Gasteiger partial charge in [-0.3, -0.25) is 0 Å². The van der Waals surface area contributed by atoms with Gasteiger partial charge in [0.2, 0.25) is 0 Å². The molecule has 0 fully saturated rings. The maximum absolute atomic E-state index is 13.6. The van der Waals surface area contributed by atoms with Crippen molar-refractivity contribution < 1.29 is 4.39 Å². The smallest absolute Gasteiger partial charge is 0.190 e. The number of aromatic nitrogens is 2. The van der Waals surface area contributed by atoms with Crippen molar-refractivity contribution in [3.8, 4) is 0 Å². The van der Waals surface area contributed by atoms with Gasteiger partial charge in [0, 0.05) is 18.0 Å². The molecule has 0 aliphatic heterocycles. The highest BCUT2D eigenvalue weighted by Crippen LogP contribution is 2.30. The van der Waals surface area contributed by atoms with Crippen molar-refractivity contribution in [3.63, 3.8) is 0 Å². The van der Waals surface area contributed by atoms with Crippen LogP contribution in [0.15, 0.2) is 45.4 Å². The van der Waals surface area contributed by atoms with Crippen molar-refractivity contribution in [2.75, 3.05) is 18.6 Å². The van der Waals surface area contributed by atoms with E-state index in [1.54, 1.807) is 31.3 Å². The number of hydrogen-bond donors (Lipinski definition) is 1. The molecule has 0 saturated heterocycles. The Morgan fingerprint density at radius 1 is 1.22 bits per heavy atom. The van der Waals surface area contributed by atoms with Gasteiger partial charge in [-0.05, 0) is 18.4 Å². The second kappa shape index (κ2) is 6.06. The minimum atomic E-state index is -0.238. The SMILES string of the molecule is CNc1cc(Sc2ccccc2F)nc(SC)n1. The first kappa shape index (κ1) is 13.2. The van der Waals surface area contributed by atoms with Crippen LogP contribution in [-0.2, 0) is 0 Å². The minimum Gasteiger partial charge on any atom is -0.373 e. The van der Waals surface area contributed by atoms with Crippen LogP contribution in [0.1, 0.15) is 0 Å². The van der Waals surface area contributed by atoms with Gasteiger partial charge in [0.05, 0.1) is 0 Å². The standard InChI is InChI=1S/C12H12FN3S2/c1-14-10-7-11(16-12(15-10)17-2)18-9-6-4-3-5-8(9)13/h3-7H,1-2H3,(H,14,15,16). The summed E-state index contributed by atoms with van der Waals surface area (Å²) in [5, 5.41) is 4.36. The lowest BCUT2D eigenvalue weighted by molar-refractivity contribution is 0.602. The lowest BCUT2D eigenvalue weighted by Gasteiger charge is -2.06. The quantitative estimate of drug-likeness (QED) is 0.527. The van der Waals surface area contributed by atoms with E-state index >= 15 is 0 Å². The van der Waals surface area contributed by atoms with E-state index in [9.17, 15) is 4.39 Å². The highest BCUT2D eigenvalue weighted by molar-refractivity contribution is 7.99. The molecular weight excluding hydrogens is 269 g/mol. The third-order valence-electron chi connectivity index (χ3n) is 2.17. The molecule has 94 valence electrons. The molecule has 0 unspecified atom stereocenters. The molecule has 1 aromatic carbocycles. The zero-order valence-electron chi connectivity index (χ0n) is 9.98. The number of thioether (sulfide) groups is 1. The van der Waals surface area contributed by atoms with Crippen LogP contribution in [-0.4, -0.2) is 23.3 Å². The number of rotatable bonds is 4. The molecule has 0 amide bonds. The van der Waals surface area contributed by atoms with Crippen LogP contribution >= 0.6 is 23.5 Å². The van der Waals surface area contributed by atoms with Gasteiger partial charge >= 0.3 is 0 Å². The number of nitrogens with zero attached hydrogens (tertiary/aromatic N) is 2. The van der Waals surface area contributed by atoms with E-state index in [1.165, 1.54) is 29.6 Å². The summed E-state index contributed by atoms with van der Waals surface area (Å²) in [7, 11) is 1.80. The maximum Gasteiger partial charge on any atom is 0.190 e. The molecule has 1 heterocycles. The topological polar surface area (TPSA) is 37.8 Å². The number of nitrogens with one attached hydrogen (secondary N) is 1. The normalized spacial score (nSPS) is 10.4. The predicted molar refractivity (Wildman–Crippen MR) is 73.9 cm³/mol. The molecule has 18 heavy (non-hydrogen) atoms. The van der Waals surface area contributed by atoms with Gasteiger partial charge in [0.15, 0.2) is 5.16 Å².